The second kappa shape index (κ2) is 6.77. The van der Waals surface area contributed by atoms with Gasteiger partial charge in [-0.1, -0.05) is 55.0 Å². The molecule has 2 heteroatoms. The van der Waals surface area contributed by atoms with E-state index in [1.165, 1.54) is 50.1 Å². The molecule has 1 aliphatic heterocycles. The van der Waals surface area contributed by atoms with E-state index < -0.39 is 0 Å². The van der Waals surface area contributed by atoms with Crippen molar-refractivity contribution in [3.05, 3.63) is 76.6 Å². The molecule has 1 unspecified atom stereocenters. The number of allylic oxidation sites excluding steroid dienone is 1. The zero-order valence-corrected chi connectivity index (χ0v) is 16.9. The largest absolute Gasteiger partial charge is 0.379 e. The van der Waals surface area contributed by atoms with E-state index in [2.05, 4.69) is 99.2 Å². The summed E-state index contributed by atoms with van der Waals surface area (Å²) in [5, 5.41) is 6.29. The Labute approximate surface area is 162 Å². The molecule has 1 atom stereocenters. The third-order valence-electron chi connectivity index (χ3n) is 5.89. The molecule has 0 aliphatic carbocycles. The lowest BCUT2D eigenvalue weighted by Gasteiger charge is -2.10. The average Bonchev–Trinajstić information content (AvgIpc) is 3.08. The predicted octanol–water partition coefficient (Wildman–Crippen LogP) is 6.21. The molecule has 0 bridgehead atoms. The van der Waals surface area contributed by atoms with Crippen LogP contribution in [-0.4, -0.2) is 10.6 Å². The summed E-state index contributed by atoms with van der Waals surface area (Å²) in [6.07, 6.45) is 3.43. The summed E-state index contributed by atoms with van der Waals surface area (Å²) in [5.74, 6) is 0. The van der Waals surface area contributed by atoms with Gasteiger partial charge in [0.15, 0.2) is 0 Å². The van der Waals surface area contributed by atoms with Crippen LogP contribution in [-0.2, 0) is 7.05 Å². The first-order valence-electron chi connectivity index (χ1n) is 9.84. The fourth-order valence-corrected chi connectivity index (χ4v) is 4.50. The molecular formula is C25H28N2. The number of rotatable bonds is 3. The maximum Gasteiger partial charge on any atom is 0.0562 e. The summed E-state index contributed by atoms with van der Waals surface area (Å²) in [7, 11) is 2.18. The summed E-state index contributed by atoms with van der Waals surface area (Å²) in [4.78, 5) is 0. The van der Waals surface area contributed by atoms with E-state index in [9.17, 15) is 0 Å². The number of nitrogens with zero attached hydrogens (tertiary/aromatic N) is 1. The fraction of sp³-hybridized carbons (Fsp3) is 0.280. The molecular weight excluding hydrogens is 328 g/mol. The van der Waals surface area contributed by atoms with Gasteiger partial charge >= 0.3 is 0 Å². The number of aromatic nitrogens is 1. The minimum Gasteiger partial charge on any atom is -0.379 e. The minimum atomic E-state index is 0.420. The highest BCUT2D eigenvalue weighted by Crippen LogP contribution is 2.36. The lowest BCUT2D eigenvalue weighted by molar-refractivity contribution is 0.725. The highest BCUT2D eigenvalue weighted by Gasteiger charge is 2.22. The molecule has 2 nitrogen and oxygen atoms in total. The molecule has 3 aromatic rings. The van der Waals surface area contributed by atoms with E-state index >= 15 is 0 Å². The van der Waals surface area contributed by atoms with Gasteiger partial charge in [-0.05, 0) is 56.0 Å². The smallest absolute Gasteiger partial charge is 0.0562 e. The van der Waals surface area contributed by atoms with Crippen molar-refractivity contribution in [1.29, 1.82) is 0 Å². The maximum absolute atomic E-state index is 3.68. The highest BCUT2D eigenvalue weighted by atomic mass is 15.0. The van der Waals surface area contributed by atoms with Crippen LogP contribution in [0.3, 0.4) is 0 Å². The number of aryl methyl sites for hydroxylation is 1. The van der Waals surface area contributed by atoms with Gasteiger partial charge in [-0.15, -0.1) is 0 Å². The van der Waals surface area contributed by atoms with Gasteiger partial charge in [0, 0.05) is 29.6 Å². The average molecular weight is 357 g/mol. The summed E-state index contributed by atoms with van der Waals surface area (Å²) in [6.45, 7) is 8.90. The van der Waals surface area contributed by atoms with E-state index in [0.29, 0.717) is 6.04 Å². The van der Waals surface area contributed by atoms with Crippen LogP contribution in [0.4, 0.5) is 0 Å². The second-order valence-electron chi connectivity index (χ2n) is 7.64. The van der Waals surface area contributed by atoms with Crippen LogP contribution in [0.1, 0.15) is 38.4 Å². The number of hydrogen-bond acceptors (Lipinski definition) is 1. The third kappa shape index (κ3) is 2.90. The SMILES string of the molecule is CCC1=C(C)/C(=C/c2c3ccccc3c(-c3cccc(C)c3)n2C)NC1C. The molecule has 27 heavy (non-hydrogen) atoms. The lowest BCUT2D eigenvalue weighted by Crippen LogP contribution is -2.19. The molecule has 0 saturated carbocycles. The molecule has 2 aromatic carbocycles. The van der Waals surface area contributed by atoms with E-state index in [0.717, 1.165) is 6.42 Å². The Hall–Kier alpha value is -2.74. The molecule has 4 rings (SSSR count). The van der Waals surface area contributed by atoms with Crippen molar-refractivity contribution in [2.24, 2.45) is 7.05 Å². The van der Waals surface area contributed by atoms with Crippen LogP contribution in [0.25, 0.3) is 28.1 Å². The van der Waals surface area contributed by atoms with Crippen molar-refractivity contribution >= 4 is 16.8 Å². The zero-order valence-electron chi connectivity index (χ0n) is 16.9. The van der Waals surface area contributed by atoms with E-state index in [1.54, 1.807) is 0 Å². The summed E-state index contributed by atoms with van der Waals surface area (Å²) >= 11 is 0. The van der Waals surface area contributed by atoms with Crippen LogP contribution >= 0.6 is 0 Å². The molecule has 0 saturated heterocycles. The van der Waals surface area contributed by atoms with Gasteiger partial charge in [0.1, 0.15) is 0 Å². The summed E-state index contributed by atoms with van der Waals surface area (Å²) < 4.78 is 2.34. The molecule has 0 spiro atoms. The molecule has 1 aromatic heterocycles. The number of fused-ring (bicyclic) bond motifs is 1. The van der Waals surface area contributed by atoms with Crippen LogP contribution in [0, 0.1) is 6.92 Å². The Morgan fingerprint density at radius 1 is 1.04 bits per heavy atom. The van der Waals surface area contributed by atoms with Gasteiger partial charge in [-0.25, -0.2) is 0 Å². The summed E-state index contributed by atoms with van der Waals surface area (Å²) in [5.41, 5.74) is 9.26. The zero-order chi connectivity index (χ0) is 19.1. The van der Waals surface area contributed by atoms with Gasteiger partial charge in [0.05, 0.1) is 11.4 Å². The number of benzene rings is 2. The molecule has 0 fully saturated rings. The van der Waals surface area contributed by atoms with Crippen molar-refractivity contribution in [1.82, 2.24) is 9.88 Å². The molecule has 1 N–H and O–H groups in total. The highest BCUT2D eigenvalue weighted by molar-refractivity contribution is 6.01. The second-order valence-corrected chi connectivity index (χ2v) is 7.64. The standard InChI is InChI=1S/C25H28N2/c1-6-20-17(3)23(26-18(20)4)15-24-21-12-7-8-13-22(21)25(27(24)5)19-11-9-10-16(2)14-19/h7-15,18,26H,6H2,1-5H3/b23-15-. The van der Waals surface area contributed by atoms with E-state index in [-0.39, 0.29) is 0 Å². The Bertz CT molecular complexity index is 1080. The number of hydrogen-bond donors (Lipinski definition) is 1. The van der Waals surface area contributed by atoms with Gasteiger partial charge < -0.3 is 9.88 Å². The molecule has 1 aliphatic rings. The first kappa shape index (κ1) is 17.7. The van der Waals surface area contributed by atoms with Crippen molar-refractivity contribution in [2.45, 2.75) is 40.2 Å². The van der Waals surface area contributed by atoms with Gasteiger partial charge in [0.2, 0.25) is 0 Å². The van der Waals surface area contributed by atoms with Crippen LogP contribution in [0.2, 0.25) is 0 Å². The Morgan fingerprint density at radius 2 is 1.78 bits per heavy atom. The Kier molecular flexibility index (Phi) is 4.43. The first-order valence-corrected chi connectivity index (χ1v) is 9.84. The fourth-order valence-electron chi connectivity index (χ4n) is 4.50. The van der Waals surface area contributed by atoms with Crippen molar-refractivity contribution in [3.8, 4) is 11.3 Å². The third-order valence-corrected chi connectivity index (χ3v) is 5.89. The quantitative estimate of drug-likeness (QED) is 0.590. The Balaban J connectivity index is 1.95. The van der Waals surface area contributed by atoms with Crippen LogP contribution in [0.15, 0.2) is 65.4 Å². The molecule has 0 radical (unpaired) electrons. The van der Waals surface area contributed by atoms with Gasteiger partial charge in [-0.3, -0.25) is 0 Å². The minimum absolute atomic E-state index is 0.420. The molecule has 2 heterocycles. The number of nitrogens with one attached hydrogen (secondary N) is 1. The Morgan fingerprint density at radius 3 is 2.44 bits per heavy atom. The van der Waals surface area contributed by atoms with Crippen molar-refractivity contribution < 1.29 is 0 Å². The van der Waals surface area contributed by atoms with Crippen LogP contribution < -0.4 is 5.32 Å². The predicted molar refractivity (Wildman–Crippen MR) is 117 cm³/mol. The van der Waals surface area contributed by atoms with Crippen LogP contribution in [0.5, 0.6) is 0 Å². The first-order chi connectivity index (χ1) is 13.0. The summed E-state index contributed by atoms with van der Waals surface area (Å²) in [6, 6.07) is 17.9. The molecule has 0 amide bonds. The monoisotopic (exact) mass is 356 g/mol. The van der Waals surface area contributed by atoms with Crippen molar-refractivity contribution in [3.63, 3.8) is 0 Å². The maximum atomic E-state index is 3.68. The van der Waals surface area contributed by atoms with Crippen molar-refractivity contribution in [2.75, 3.05) is 0 Å². The van der Waals surface area contributed by atoms with E-state index in [1.807, 2.05) is 0 Å². The van der Waals surface area contributed by atoms with Gasteiger partial charge in [0.25, 0.3) is 0 Å². The molecule has 138 valence electrons. The lowest BCUT2D eigenvalue weighted by atomic mass is 10.0. The van der Waals surface area contributed by atoms with Gasteiger partial charge in [-0.2, -0.15) is 0 Å². The topological polar surface area (TPSA) is 17.0 Å². The normalized spacial score (nSPS) is 18.6. The van der Waals surface area contributed by atoms with E-state index in [4.69, 9.17) is 0 Å².